The molecule has 164 valence electrons. The summed E-state index contributed by atoms with van der Waals surface area (Å²) in [7, 11) is 0. The third-order valence-corrected chi connectivity index (χ3v) is 5.25. The molecule has 0 unspecified atom stereocenters. The Hall–Kier alpha value is -3.39. The van der Waals surface area contributed by atoms with Gasteiger partial charge in [-0.25, -0.2) is 8.78 Å². The van der Waals surface area contributed by atoms with Crippen LogP contribution in [-0.2, 0) is 6.18 Å². The lowest BCUT2D eigenvalue weighted by atomic mass is 10.1. The number of halogens is 6. The quantitative estimate of drug-likeness (QED) is 0.254. The number of aromatic nitrogens is 1. The van der Waals surface area contributed by atoms with E-state index >= 15 is 0 Å². The minimum atomic E-state index is -4.62. The number of anilines is 1. The number of nitrogens with zero attached hydrogens (tertiary/aromatic N) is 1. The summed E-state index contributed by atoms with van der Waals surface area (Å²) in [6.45, 7) is 1.39. The van der Waals surface area contributed by atoms with Crippen molar-refractivity contribution in [3.8, 4) is 11.3 Å². The normalized spacial score (nSPS) is 11.7. The molecule has 2 aromatic carbocycles. The molecular weight excluding hydrogens is 451 g/mol. The molecule has 9 heteroatoms. The third-order valence-electron chi connectivity index (χ3n) is 4.96. The van der Waals surface area contributed by atoms with Gasteiger partial charge in [-0.1, -0.05) is 29.8 Å². The molecule has 2 heterocycles. The van der Waals surface area contributed by atoms with E-state index < -0.39 is 29.3 Å². The Labute approximate surface area is 184 Å². The van der Waals surface area contributed by atoms with Gasteiger partial charge in [-0.15, -0.1) is 0 Å². The lowest BCUT2D eigenvalue weighted by molar-refractivity contribution is -0.137. The number of benzene rings is 2. The molecule has 0 aliphatic rings. The first kappa shape index (κ1) is 21.8. The van der Waals surface area contributed by atoms with Gasteiger partial charge in [0, 0.05) is 17.3 Å². The van der Waals surface area contributed by atoms with Crippen molar-refractivity contribution in [3.05, 3.63) is 94.1 Å². The van der Waals surface area contributed by atoms with Gasteiger partial charge < -0.3 is 5.32 Å². The Bertz CT molecular complexity index is 1340. The molecule has 0 aliphatic carbocycles. The third kappa shape index (κ3) is 3.93. The molecule has 1 amide bonds. The number of aryl methyl sites for hydroxylation is 1. The molecule has 0 atom stereocenters. The molecule has 0 bridgehead atoms. The summed E-state index contributed by atoms with van der Waals surface area (Å²) >= 11 is 6.16. The van der Waals surface area contributed by atoms with Crippen LogP contribution < -0.4 is 5.32 Å². The number of alkyl halides is 3. The van der Waals surface area contributed by atoms with Crippen molar-refractivity contribution in [2.45, 2.75) is 13.1 Å². The van der Waals surface area contributed by atoms with E-state index in [2.05, 4.69) is 5.32 Å². The van der Waals surface area contributed by atoms with E-state index in [0.29, 0.717) is 6.07 Å². The first-order chi connectivity index (χ1) is 15.1. The average Bonchev–Trinajstić information content (AvgIpc) is 3.13. The highest BCUT2D eigenvalue weighted by molar-refractivity contribution is 6.30. The smallest absolute Gasteiger partial charge is 0.322 e. The maximum atomic E-state index is 14.0. The summed E-state index contributed by atoms with van der Waals surface area (Å²) in [5.41, 5.74) is -0.532. The van der Waals surface area contributed by atoms with Crippen molar-refractivity contribution in [1.82, 2.24) is 4.40 Å². The van der Waals surface area contributed by atoms with Gasteiger partial charge in [0.25, 0.3) is 5.91 Å². The number of carbonyl (C=O) groups excluding carboxylic acids is 1. The zero-order valence-electron chi connectivity index (χ0n) is 16.4. The second-order valence-electron chi connectivity index (χ2n) is 7.13. The Morgan fingerprint density at radius 2 is 1.66 bits per heavy atom. The molecule has 4 rings (SSSR count). The van der Waals surface area contributed by atoms with Crippen LogP contribution in [0.15, 0.2) is 60.7 Å². The average molecular weight is 465 g/mol. The van der Waals surface area contributed by atoms with Gasteiger partial charge in [-0.2, -0.15) is 13.2 Å². The highest BCUT2D eigenvalue weighted by Crippen LogP contribution is 2.40. The molecule has 32 heavy (non-hydrogen) atoms. The zero-order chi connectivity index (χ0) is 23.2. The topological polar surface area (TPSA) is 33.5 Å². The van der Waals surface area contributed by atoms with Crippen LogP contribution in [-0.4, -0.2) is 10.3 Å². The van der Waals surface area contributed by atoms with Crippen molar-refractivity contribution < 1.29 is 26.7 Å². The van der Waals surface area contributed by atoms with E-state index in [4.69, 9.17) is 11.6 Å². The molecule has 4 aromatic rings. The van der Waals surface area contributed by atoms with Crippen LogP contribution in [0.2, 0.25) is 5.15 Å². The fourth-order valence-electron chi connectivity index (χ4n) is 3.43. The molecule has 3 nitrogen and oxygen atoms in total. The van der Waals surface area contributed by atoms with E-state index in [9.17, 15) is 26.7 Å². The Balaban J connectivity index is 1.70. The predicted octanol–water partition coefficient (Wildman–Crippen LogP) is 7.12. The minimum absolute atomic E-state index is 0.101. The summed E-state index contributed by atoms with van der Waals surface area (Å²) in [5, 5.41) is 2.56. The van der Waals surface area contributed by atoms with E-state index in [0.717, 1.165) is 12.1 Å². The number of carbonyl (C=O) groups is 1. The fraction of sp³-hybridized carbons (Fsp3) is 0.0870. The molecule has 0 radical (unpaired) electrons. The number of hydrogen-bond donors (Lipinski definition) is 1. The van der Waals surface area contributed by atoms with Crippen molar-refractivity contribution in [2.24, 2.45) is 0 Å². The predicted molar refractivity (Wildman–Crippen MR) is 112 cm³/mol. The Morgan fingerprint density at radius 3 is 2.31 bits per heavy atom. The summed E-state index contributed by atoms with van der Waals surface area (Å²) in [4.78, 5) is 12.4. The number of hydrogen-bond acceptors (Lipinski definition) is 1. The van der Waals surface area contributed by atoms with Gasteiger partial charge in [0.05, 0.1) is 16.8 Å². The summed E-state index contributed by atoms with van der Waals surface area (Å²) in [5.74, 6) is -2.61. The molecule has 0 aliphatic heterocycles. The van der Waals surface area contributed by atoms with E-state index in [-0.39, 0.29) is 38.7 Å². The van der Waals surface area contributed by atoms with E-state index in [1.165, 1.54) is 47.7 Å². The van der Waals surface area contributed by atoms with Gasteiger partial charge in [0.1, 0.15) is 16.8 Å². The maximum Gasteiger partial charge on any atom is 0.418 e. The summed E-state index contributed by atoms with van der Waals surface area (Å²) in [6.07, 6.45) is -4.62. The van der Waals surface area contributed by atoms with Gasteiger partial charge >= 0.3 is 6.18 Å². The van der Waals surface area contributed by atoms with Crippen LogP contribution in [0, 0.1) is 18.6 Å². The highest BCUT2D eigenvalue weighted by Gasteiger charge is 2.36. The van der Waals surface area contributed by atoms with Crippen molar-refractivity contribution in [2.75, 3.05) is 5.32 Å². The molecule has 1 N–H and O–H groups in total. The number of amides is 1. The van der Waals surface area contributed by atoms with Crippen LogP contribution in [0.3, 0.4) is 0 Å². The first-order valence-corrected chi connectivity index (χ1v) is 9.68. The minimum Gasteiger partial charge on any atom is -0.322 e. The molecule has 0 saturated heterocycles. The van der Waals surface area contributed by atoms with E-state index in [1.807, 2.05) is 0 Å². The Morgan fingerprint density at radius 1 is 0.969 bits per heavy atom. The summed E-state index contributed by atoms with van der Waals surface area (Å²) < 4.78 is 69.7. The van der Waals surface area contributed by atoms with Crippen molar-refractivity contribution in [3.63, 3.8) is 0 Å². The summed E-state index contributed by atoms with van der Waals surface area (Å²) in [6, 6.07) is 12.8. The monoisotopic (exact) mass is 464 g/mol. The number of pyridine rings is 1. The van der Waals surface area contributed by atoms with Crippen LogP contribution in [0.25, 0.3) is 16.8 Å². The van der Waals surface area contributed by atoms with Gasteiger partial charge in [0.15, 0.2) is 0 Å². The molecule has 0 fully saturated rings. The van der Waals surface area contributed by atoms with E-state index in [1.54, 1.807) is 6.07 Å². The highest BCUT2D eigenvalue weighted by atomic mass is 35.5. The van der Waals surface area contributed by atoms with Crippen LogP contribution >= 0.6 is 11.6 Å². The van der Waals surface area contributed by atoms with Crippen LogP contribution in [0.4, 0.5) is 27.6 Å². The maximum absolute atomic E-state index is 14.0. The zero-order valence-corrected chi connectivity index (χ0v) is 17.2. The van der Waals surface area contributed by atoms with Gasteiger partial charge in [-0.3, -0.25) is 9.20 Å². The second kappa shape index (κ2) is 7.94. The SMILES string of the molecule is Cc1cc(C(=O)Nc2ccc(-c3c(C(F)(F)F)cc4cccc(Cl)n34)cc2)c(F)cc1F. The standard InChI is InChI=1S/C23H14ClF5N2O/c1-12-9-16(19(26)11-18(12)25)22(32)30-14-7-5-13(6-8-14)21-17(23(27,28)29)10-15-3-2-4-20(24)31(15)21/h2-11H,1H3,(H,30,32). The largest absolute Gasteiger partial charge is 0.418 e. The lowest BCUT2D eigenvalue weighted by Gasteiger charge is -2.12. The van der Waals surface area contributed by atoms with Gasteiger partial charge in [-0.05, 0) is 54.4 Å². The Kier molecular flexibility index (Phi) is 5.42. The van der Waals surface area contributed by atoms with Crippen LogP contribution in [0.5, 0.6) is 0 Å². The first-order valence-electron chi connectivity index (χ1n) is 9.31. The number of rotatable bonds is 3. The number of fused-ring (bicyclic) bond motifs is 1. The molecule has 2 aromatic heterocycles. The fourth-order valence-corrected chi connectivity index (χ4v) is 3.68. The second-order valence-corrected chi connectivity index (χ2v) is 7.51. The molecule has 0 spiro atoms. The van der Waals surface area contributed by atoms with Crippen molar-refractivity contribution >= 4 is 28.7 Å². The molecule has 0 saturated carbocycles. The molecular formula is C23H14ClF5N2O. The van der Waals surface area contributed by atoms with Crippen LogP contribution in [0.1, 0.15) is 21.5 Å². The number of nitrogens with one attached hydrogen (secondary N) is 1. The van der Waals surface area contributed by atoms with Crippen molar-refractivity contribution in [1.29, 1.82) is 0 Å². The lowest BCUT2D eigenvalue weighted by Crippen LogP contribution is -2.14. The van der Waals surface area contributed by atoms with Gasteiger partial charge in [0.2, 0.25) is 0 Å².